The summed E-state index contributed by atoms with van der Waals surface area (Å²) in [6, 6.07) is 21.4. The summed E-state index contributed by atoms with van der Waals surface area (Å²) in [5, 5.41) is 2.70. The largest absolute Gasteiger partial charge is 0.348 e. The number of thioether (sulfide) groups is 1. The molecule has 1 atom stereocenters. The van der Waals surface area contributed by atoms with E-state index in [-0.39, 0.29) is 11.5 Å². The van der Waals surface area contributed by atoms with Gasteiger partial charge in [0.15, 0.2) is 5.16 Å². The van der Waals surface area contributed by atoms with Gasteiger partial charge in [-0.15, -0.1) is 0 Å². The monoisotopic (exact) mass is 417 g/mol. The van der Waals surface area contributed by atoms with Crippen molar-refractivity contribution in [3.8, 4) is 0 Å². The molecule has 0 saturated carbocycles. The minimum absolute atomic E-state index is 0.0401. The van der Waals surface area contributed by atoms with E-state index < -0.39 is 5.25 Å². The first-order valence-electron chi connectivity index (χ1n) is 9.85. The molecule has 152 valence electrons. The van der Waals surface area contributed by atoms with E-state index in [1.54, 1.807) is 23.6 Å². The van der Waals surface area contributed by atoms with E-state index in [2.05, 4.69) is 0 Å². The lowest BCUT2D eigenvalue weighted by Crippen LogP contribution is -2.28. The number of fused-ring (bicyclic) bond motifs is 2. The van der Waals surface area contributed by atoms with E-state index in [0.717, 1.165) is 16.3 Å². The molecule has 1 amide bonds. The fourth-order valence-electron chi connectivity index (χ4n) is 3.49. The van der Waals surface area contributed by atoms with E-state index in [1.807, 2.05) is 73.7 Å². The average Bonchev–Trinajstić information content (AvgIpc) is 2.76. The Hall–Kier alpha value is -3.12. The molecule has 0 spiro atoms. The van der Waals surface area contributed by atoms with Gasteiger partial charge in [0.05, 0.1) is 10.9 Å². The van der Waals surface area contributed by atoms with Gasteiger partial charge in [-0.1, -0.05) is 66.4 Å². The summed E-state index contributed by atoms with van der Waals surface area (Å²) in [6.07, 6.45) is 0. The number of hydrogen-bond donors (Lipinski definition) is 0. The molecule has 0 aliphatic rings. The van der Waals surface area contributed by atoms with Crippen LogP contribution in [0.15, 0.2) is 76.7 Å². The van der Waals surface area contributed by atoms with Crippen molar-refractivity contribution in [3.05, 3.63) is 82.6 Å². The van der Waals surface area contributed by atoms with Crippen LogP contribution >= 0.6 is 11.8 Å². The first kappa shape index (κ1) is 20.2. The van der Waals surface area contributed by atoms with E-state index in [0.29, 0.717) is 22.6 Å². The number of aromatic nitrogens is 2. The zero-order valence-electron chi connectivity index (χ0n) is 17.2. The molecular weight excluding hydrogens is 394 g/mol. The standard InChI is InChI=1S/C24H23N3O2S/c1-4-27-22(28)19-14-17-12-8-9-13-18(17)15-20(19)25-24(27)30-21(23(29)26(2)3)16-10-6-5-7-11-16/h5-15,21H,4H2,1-3H3/t21-/m1/s1. The van der Waals surface area contributed by atoms with Gasteiger partial charge >= 0.3 is 0 Å². The normalized spacial score (nSPS) is 12.2. The Labute approximate surface area is 179 Å². The fraction of sp³-hybridized carbons (Fsp3) is 0.208. The van der Waals surface area contributed by atoms with Crippen molar-refractivity contribution in [2.24, 2.45) is 0 Å². The van der Waals surface area contributed by atoms with Gasteiger partial charge in [-0.05, 0) is 35.4 Å². The first-order chi connectivity index (χ1) is 14.5. The lowest BCUT2D eigenvalue weighted by atomic mass is 10.1. The number of benzene rings is 3. The van der Waals surface area contributed by atoms with Crippen molar-refractivity contribution in [1.82, 2.24) is 14.5 Å². The maximum atomic E-state index is 13.3. The number of carbonyl (C=O) groups is 1. The van der Waals surface area contributed by atoms with Crippen LogP contribution in [0.4, 0.5) is 0 Å². The predicted octanol–water partition coefficient (Wildman–Crippen LogP) is 4.49. The Balaban J connectivity index is 1.88. The van der Waals surface area contributed by atoms with Gasteiger partial charge < -0.3 is 4.90 Å². The van der Waals surface area contributed by atoms with Gasteiger partial charge in [-0.25, -0.2) is 4.98 Å². The van der Waals surface area contributed by atoms with E-state index in [4.69, 9.17) is 4.98 Å². The third-order valence-electron chi connectivity index (χ3n) is 5.09. The van der Waals surface area contributed by atoms with E-state index in [1.165, 1.54) is 11.8 Å². The molecule has 30 heavy (non-hydrogen) atoms. The molecule has 0 aliphatic carbocycles. The minimum atomic E-state index is -0.483. The van der Waals surface area contributed by atoms with Crippen LogP contribution in [0.25, 0.3) is 21.7 Å². The summed E-state index contributed by atoms with van der Waals surface area (Å²) >= 11 is 1.32. The number of amides is 1. The molecule has 0 aliphatic heterocycles. The molecule has 0 fully saturated rings. The van der Waals surface area contributed by atoms with Crippen molar-refractivity contribution < 1.29 is 4.79 Å². The zero-order valence-corrected chi connectivity index (χ0v) is 18.0. The van der Waals surface area contributed by atoms with Crippen molar-refractivity contribution in [2.75, 3.05) is 14.1 Å². The molecule has 0 saturated heterocycles. The van der Waals surface area contributed by atoms with Crippen LogP contribution in [-0.2, 0) is 11.3 Å². The number of likely N-dealkylation sites (N-methyl/N-ethyl adjacent to an activating group) is 1. The summed E-state index contributed by atoms with van der Waals surface area (Å²) in [4.78, 5) is 32.6. The van der Waals surface area contributed by atoms with Crippen LogP contribution in [0.2, 0.25) is 0 Å². The van der Waals surface area contributed by atoms with E-state index in [9.17, 15) is 9.59 Å². The van der Waals surface area contributed by atoms with Crippen LogP contribution in [0, 0.1) is 0 Å². The fourth-order valence-corrected chi connectivity index (χ4v) is 4.79. The second-order valence-electron chi connectivity index (χ2n) is 7.30. The predicted molar refractivity (Wildman–Crippen MR) is 123 cm³/mol. The highest BCUT2D eigenvalue weighted by molar-refractivity contribution is 8.00. The molecule has 0 unspecified atom stereocenters. The highest BCUT2D eigenvalue weighted by Gasteiger charge is 2.26. The molecule has 0 bridgehead atoms. The molecule has 1 heterocycles. The second kappa shape index (κ2) is 8.32. The van der Waals surface area contributed by atoms with Crippen LogP contribution in [0.3, 0.4) is 0 Å². The Morgan fingerprint density at radius 3 is 2.30 bits per heavy atom. The number of hydrogen-bond acceptors (Lipinski definition) is 4. The number of carbonyl (C=O) groups excluding carboxylic acids is 1. The van der Waals surface area contributed by atoms with Crippen LogP contribution in [-0.4, -0.2) is 34.5 Å². The van der Waals surface area contributed by atoms with Gasteiger partial charge in [-0.2, -0.15) is 0 Å². The Kier molecular flexibility index (Phi) is 5.59. The van der Waals surface area contributed by atoms with Crippen molar-refractivity contribution in [2.45, 2.75) is 23.9 Å². The van der Waals surface area contributed by atoms with E-state index >= 15 is 0 Å². The van der Waals surface area contributed by atoms with Crippen LogP contribution in [0.5, 0.6) is 0 Å². The van der Waals surface area contributed by atoms with Gasteiger partial charge in [0.1, 0.15) is 5.25 Å². The van der Waals surface area contributed by atoms with Gasteiger partial charge in [0, 0.05) is 20.6 Å². The molecule has 3 aromatic carbocycles. The maximum Gasteiger partial charge on any atom is 0.262 e. The van der Waals surface area contributed by atoms with Crippen molar-refractivity contribution >= 4 is 39.3 Å². The molecule has 0 N–H and O–H groups in total. The lowest BCUT2D eigenvalue weighted by Gasteiger charge is -2.21. The van der Waals surface area contributed by atoms with Crippen molar-refractivity contribution in [3.63, 3.8) is 0 Å². The molecule has 4 rings (SSSR count). The highest BCUT2D eigenvalue weighted by Crippen LogP contribution is 2.36. The summed E-state index contributed by atoms with van der Waals surface area (Å²) in [5.74, 6) is -0.0401. The van der Waals surface area contributed by atoms with Gasteiger partial charge in [0.25, 0.3) is 5.56 Å². The lowest BCUT2D eigenvalue weighted by molar-refractivity contribution is -0.128. The molecule has 4 aromatic rings. The quantitative estimate of drug-likeness (QED) is 0.273. The second-order valence-corrected chi connectivity index (χ2v) is 8.37. The minimum Gasteiger partial charge on any atom is -0.348 e. The Bertz CT molecular complexity index is 1280. The summed E-state index contributed by atoms with van der Waals surface area (Å²) in [5.41, 5.74) is 1.45. The number of nitrogens with zero attached hydrogens (tertiary/aromatic N) is 3. The molecule has 6 heteroatoms. The third kappa shape index (κ3) is 3.71. The Morgan fingerprint density at radius 2 is 1.67 bits per heavy atom. The Morgan fingerprint density at radius 1 is 1.03 bits per heavy atom. The molecule has 5 nitrogen and oxygen atoms in total. The molecule has 0 radical (unpaired) electrons. The van der Waals surface area contributed by atoms with Crippen molar-refractivity contribution in [1.29, 1.82) is 0 Å². The van der Waals surface area contributed by atoms with Gasteiger partial charge in [0.2, 0.25) is 5.91 Å². The molecule has 1 aromatic heterocycles. The molecular formula is C24H23N3O2S. The maximum absolute atomic E-state index is 13.3. The highest BCUT2D eigenvalue weighted by atomic mass is 32.2. The zero-order chi connectivity index (χ0) is 21.3. The SMILES string of the molecule is CCn1c(S[C@@H](C(=O)N(C)C)c2ccccc2)nc2cc3ccccc3cc2c1=O. The third-order valence-corrected chi connectivity index (χ3v) is 6.33. The topological polar surface area (TPSA) is 55.2 Å². The van der Waals surface area contributed by atoms with Crippen LogP contribution in [0.1, 0.15) is 17.7 Å². The smallest absolute Gasteiger partial charge is 0.262 e. The number of rotatable bonds is 5. The first-order valence-corrected chi connectivity index (χ1v) is 10.7. The van der Waals surface area contributed by atoms with Gasteiger partial charge in [-0.3, -0.25) is 14.2 Å². The summed E-state index contributed by atoms with van der Waals surface area (Å²) in [6.45, 7) is 2.40. The summed E-state index contributed by atoms with van der Waals surface area (Å²) in [7, 11) is 3.48. The average molecular weight is 418 g/mol. The van der Waals surface area contributed by atoms with Crippen LogP contribution < -0.4 is 5.56 Å². The summed E-state index contributed by atoms with van der Waals surface area (Å²) < 4.78 is 1.65.